The van der Waals surface area contributed by atoms with Crippen molar-refractivity contribution in [3.05, 3.63) is 24.3 Å². The lowest BCUT2D eigenvalue weighted by molar-refractivity contribution is -0.124. The Labute approximate surface area is 145 Å². The molecule has 0 spiro atoms. The normalized spacial score (nSPS) is 14.4. The van der Waals surface area contributed by atoms with E-state index in [9.17, 15) is 9.59 Å². The third kappa shape index (κ3) is 4.76. The zero-order valence-corrected chi connectivity index (χ0v) is 14.4. The van der Waals surface area contributed by atoms with Crippen molar-refractivity contribution < 1.29 is 14.3 Å². The van der Waals surface area contributed by atoms with E-state index in [0.717, 1.165) is 10.6 Å². The number of nitrogens with zero attached hydrogens (tertiary/aromatic N) is 2. The highest BCUT2D eigenvalue weighted by Crippen LogP contribution is 2.16. The highest BCUT2D eigenvalue weighted by Gasteiger charge is 2.27. The molecule has 0 atom stereocenters. The Hall–Kier alpha value is -2.04. The van der Waals surface area contributed by atoms with Gasteiger partial charge in [0.15, 0.2) is 5.96 Å². The molecule has 0 radical (unpaired) electrons. The molecule has 9 heteroatoms. The Kier molecular flexibility index (Phi) is 6.89. The Morgan fingerprint density at radius 1 is 1.50 bits per heavy atom. The van der Waals surface area contributed by atoms with Crippen LogP contribution >= 0.6 is 24.0 Å². The highest BCUT2D eigenvalue weighted by molar-refractivity contribution is 14.0. The van der Waals surface area contributed by atoms with Crippen molar-refractivity contribution in [2.45, 2.75) is 0 Å². The quantitative estimate of drug-likeness (QED) is 0.280. The summed E-state index contributed by atoms with van der Waals surface area (Å²) in [5, 5.41) is 5.35. The topological polar surface area (TPSA) is 109 Å². The number of hydrogen-bond donors (Lipinski definition) is 3. The van der Waals surface area contributed by atoms with Crippen LogP contribution in [0.4, 0.5) is 10.5 Å². The second kappa shape index (κ2) is 8.41. The summed E-state index contributed by atoms with van der Waals surface area (Å²) >= 11 is 0. The van der Waals surface area contributed by atoms with Crippen molar-refractivity contribution in [2.75, 3.05) is 32.1 Å². The van der Waals surface area contributed by atoms with Gasteiger partial charge in [0.05, 0.1) is 26.7 Å². The molecule has 3 amide bonds. The molecular weight excluding hydrogens is 401 g/mol. The number of carbonyl (C=O) groups is 2. The first-order valence-corrected chi connectivity index (χ1v) is 6.39. The summed E-state index contributed by atoms with van der Waals surface area (Å²) in [6.45, 7) is 0.479. The summed E-state index contributed by atoms with van der Waals surface area (Å²) in [5.41, 5.74) is 6.49. The van der Waals surface area contributed by atoms with Gasteiger partial charge in [-0.25, -0.2) is 4.79 Å². The fourth-order valence-corrected chi connectivity index (χ4v) is 1.84. The van der Waals surface area contributed by atoms with Crippen LogP contribution in [-0.2, 0) is 4.79 Å². The molecule has 1 fully saturated rings. The number of carbonyl (C=O) groups excluding carboxylic acids is 2. The minimum atomic E-state index is -0.394. The van der Waals surface area contributed by atoms with Gasteiger partial charge in [0, 0.05) is 11.8 Å². The van der Waals surface area contributed by atoms with Crippen LogP contribution in [0.2, 0.25) is 0 Å². The number of amides is 3. The molecule has 1 saturated heterocycles. The number of guanidine groups is 1. The lowest BCUT2D eigenvalue weighted by Crippen LogP contribution is -2.34. The lowest BCUT2D eigenvalue weighted by Gasteiger charge is -2.11. The van der Waals surface area contributed by atoms with Crippen LogP contribution in [0.5, 0.6) is 5.75 Å². The zero-order valence-electron chi connectivity index (χ0n) is 12.0. The van der Waals surface area contributed by atoms with Crippen LogP contribution in [0.15, 0.2) is 29.3 Å². The van der Waals surface area contributed by atoms with Gasteiger partial charge < -0.3 is 21.1 Å². The van der Waals surface area contributed by atoms with E-state index in [-0.39, 0.29) is 55.5 Å². The number of imide groups is 1. The van der Waals surface area contributed by atoms with E-state index < -0.39 is 6.03 Å². The molecule has 22 heavy (non-hydrogen) atoms. The van der Waals surface area contributed by atoms with Gasteiger partial charge in [-0.15, -0.1) is 24.0 Å². The lowest BCUT2D eigenvalue weighted by atomic mass is 10.3. The summed E-state index contributed by atoms with van der Waals surface area (Å²) in [5.74, 6) is 0.650. The number of hydrogen-bond acceptors (Lipinski definition) is 4. The Bertz CT molecular complexity index is 563. The van der Waals surface area contributed by atoms with Gasteiger partial charge in [-0.05, 0) is 12.1 Å². The van der Waals surface area contributed by atoms with Gasteiger partial charge in [0.1, 0.15) is 5.75 Å². The molecule has 0 unspecified atom stereocenters. The number of urea groups is 1. The van der Waals surface area contributed by atoms with Crippen molar-refractivity contribution >= 4 is 47.6 Å². The molecule has 1 aliphatic rings. The van der Waals surface area contributed by atoms with Crippen LogP contribution in [0, 0.1) is 0 Å². The molecule has 0 saturated carbocycles. The van der Waals surface area contributed by atoms with Crippen molar-refractivity contribution in [1.29, 1.82) is 0 Å². The number of halogens is 1. The SMILES string of the molecule is COc1cccc(NC(N)=NCCN2C(=O)CNC2=O)c1.I. The molecule has 0 aliphatic carbocycles. The van der Waals surface area contributed by atoms with Crippen LogP contribution in [0.3, 0.4) is 0 Å². The molecule has 1 heterocycles. The average Bonchev–Trinajstić information content (AvgIpc) is 2.79. The first-order valence-electron chi connectivity index (χ1n) is 6.39. The van der Waals surface area contributed by atoms with Gasteiger partial charge in [-0.3, -0.25) is 14.7 Å². The van der Waals surface area contributed by atoms with Crippen LogP contribution in [0.1, 0.15) is 0 Å². The Morgan fingerprint density at radius 2 is 2.27 bits per heavy atom. The first-order chi connectivity index (χ1) is 10.1. The minimum absolute atomic E-state index is 0. The molecule has 1 aliphatic heterocycles. The third-order valence-corrected chi connectivity index (χ3v) is 2.88. The van der Waals surface area contributed by atoms with Gasteiger partial charge in [0.25, 0.3) is 0 Å². The van der Waals surface area contributed by atoms with E-state index in [1.807, 2.05) is 18.2 Å². The van der Waals surface area contributed by atoms with Crippen LogP contribution < -0.4 is 21.1 Å². The molecule has 120 valence electrons. The number of ether oxygens (including phenoxy) is 1. The van der Waals surface area contributed by atoms with E-state index in [1.165, 1.54) is 0 Å². The van der Waals surface area contributed by atoms with Gasteiger partial charge in [-0.2, -0.15) is 0 Å². The van der Waals surface area contributed by atoms with Gasteiger partial charge in [-0.1, -0.05) is 6.07 Å². The molecular formula is C13H18IN5O3. The van der Waals surface area contributed by atoms with Crippen molar-refractivity contribution in [1.82, 2.24) is 10.2 Å². The van der Waals surface area contributed by atoms with E-state index in [2.05, 4.69) is 15.6 Å². The molecule has 4 N–H and O–H groups in total. The average molecular weight is 419 g/mol. The number of rotatable bonds is 5. The van der Waals surface area contributed by atoms with Gasteiger partial charge >= 0.3 is 6.03 Å². The molecule has 2 rings (SSSR count). The maximum atomic E-state index is 11.4. The third-order valence-electron chi connectivity index (χ3n) is 2.88. The van der Waals surface area contributed by atoms with Crippen LogP contribution in [0.25, 0.3) is 0 Å². The first kappa shape index (κ1) is 18.0. The van der Waals surface area contributed by atoms with E-state index in [1.54, 1.807) is 13.2 Å². The summed E-state index contributed by atoms with van der Waals surface area (Å²) in [4.78, 5) is 27.9. The fraction of sp³-hybridized carbons (Fsp3) is 0.308. The predicted octanol–water partition coefficient (Wildman–Crippen LogP) is 0.592. The Morgan fingerprint density at radius 3 is 2.91 bits per heavy atom. The monoisotopic (exact) mass is 419 g/mol. The number of nitrogens with two attached hydrogens (primary N) is 1. The second-order valence-electron chi connectivity index (χ2n) is 4.33. The molecule has 8 nitrogen and oxygen atoms in total. The van der Waals surface area contributed by atoms with E-state index in [4.69, 9.17) is 10.5 Å². The number of aliphatic imine (C=N–C) groups is 1. The fourth-order valence-electron chi connectivity index (χ4n) is 1.84. The van der Waals surface area contributed by atoms with E-state index in [0.29, 0.717) is 5.75 Å². The molecule has 1 aromatic rings. The maximum absolute atomic E-state index is 11.4. The molecule has 1 aromatic carbocycles. The molecule has 0 bridgehead atoms. The summed E-state index contributed by atoms with van der Waals surface area (Å²) in [6.07, 6.45) is 0. The summed E-state index contributed by atoms with van der Waals surface area (Å²) < 4.78 is 5.10. The minimum Gasteiger partial charge on any atom is -0.497 e. The van der Waals surface area contributed by atoms with Crippen LogP contribution in [-0.4, -0.2) is 49.5 Å². The number of anilines is 1. The highest BCUT2D eigenvalue weighted by atomic mass is 127. The van der Waals surface area contributed by atoms with Crippen molar-refractivity contribution in [2.24, 2.45) is 10.7 Å². The van der Waals surface area contributed by atoms with Gasteiger partial charge in [0.2, 0.25) is 5.91 Å². The number of benzene rings is 1. The van der Waals surface area contributed by atoms with Crippen molar-refractivity contribution in [3.63, 3.8) is 0 Å². The number of methoxy groups -OCH3 is 1. The smallest absolute Gasteiger partial charge is 0.324 e. The second-order valence-corrected chi connectivity index (χ2v) is 4.33. The maximum Gasteiger partial charge on any atom is 0.324 e. The zero-order chi connectivity index (χ0) is 15.2. The largest absolute Gasteiger partial charge is 0.497 e. The predicted molar refractivity (Wildman–Crippen MR) is 93.6 cm³/mol. The molecule has 0 aromatic heterocycles. The summed E-state index contributed by atoms with van der Waals surface area (Å²) in [7, 11) is 1.58. The van der Waals surface area contributed by atoms with Crippen molar-refractivity contribution in [3.8, 4) is 5.75 Å². The van der Waals surface area contributed by atoms with E-state index >= 15 is 0 Å². The summed E-state index contributed by atoms with van der Waals surface area (Å²) in [6, 6.07) is 6.84. The standard InChI is InChI=1S/C13H17N5O3.HI/c1-21-10-4-2-3-9(7-10)17-12(14)15-5-6-18-11(19)8-16-13(18)20;/h2-4,7H,5-6,8H2,1H3,(H,16,20)(H3,14,15,17);1H. The Balaban J connectivity index is 0.00000242. The number of nitrogens with one attached hydrogen (secondary N) is 2.